The molecule has 1 aromatic rings. The van der Waals surface area contributed by atoms with Gasteiger partial charge in [-0.25, -0.2) is 5.01 Å². The molecule has 5 nitrogen and oxygen atoms in total. The van der Waals surface area contributed by atoms with Crippen LogP contribution < -0.4 is 4.90 Å². The second kappa shape index (κ2) is 9.63. The van der Waals surface area contributed by atoms with E-state index in [1.54, 1.807) is 0 Å². The summed E-state index contributed by atoms with van der Waals surface area (Å²) in [6, 6.07) is 9.84. The maximum absolute atomic E-state index is 4.57. The summed E-state index contributed by atoms with van der Waals surface area (Å²) in [6.07, 6.45) is 13.3. The van der Waals surface area contributed by atoms with E-state index < -0.39 is 0 Å². The maximum atomic E-state index is 4.57. The predicted octanol–water partition coefficient (Wildman–Crippen LogP) is 4.80. The van der Waals surface area contributed by atoms with Gasteiger partial charge in [-0.3, -0.25) is 0 Å². The molecule has 3 aliphatic rings. The van der Waals surface area contributed by atoms with E-state index in [0.717, 1.165) is 44.8 Å². The molecule has 0 bridgehead atoms. The minimum absolute atomic E-state index is 0.303. The number of hydrogen-bond acceptors (Lipinski definition) is 5. The normalized spacial score (nSPS) is 22.4. The molecule has 0 saturated carbocycles. The lowest BCUT2D eigenvalue weighted by Crippen LogP contribution is -2.46. The first-order chi connectivity index (χ1) is 15.1. The first-order valence-electron chi connectivity index (χ1n) is 11.9. The van der Waals surface area contributed by atoms with Gasteiger partial charge in [0.25, 0.3) is 0 Å². The average Bonchev–Trinajstić information content (AvgIpc) is 3.21. The molecule has 0 spiro atoms. The Morgan fingerprint density at radius 1 is 1.06 bits per heavy atom. The maximum Gasteiger partial charge on any atom is 0.124 e. The third-order valence-electron chi connectivity index (χ3n) is 6.77. The highest BCUT2D eigenvalue weighted by molar-refractivity contribution is 5.62. The topological polar surface area (TPSA) is 25.3 Å². The van der Waals surface area contributed by atoms with Crippen molar-refractivity contribution in [2.24, 2.45) is 5.10 Å². The molecule has 1 saturated heterocycles. The van der Waals surface area contributed by atoms with Gasteiger partial charge >= 0.3 is 0 Å². The highest BCUT2D eigenvalue weighted by Crippen LogP contribution is 2.27. The fourth-order valence-corrected chi connectivity index (χ4v) is 4.60. The molecule has 2 heterocycles. The van der Waals surface area contributed by atoms with Crippen molar-refractivity contribution in [2.75, 3.05) is 31.1 Å². The van der Waals surface area contributed by atoms with Gasteiger partial charge in [0.05, 0.1) is 12.1 Å². The molecule has 4 rings (SSSR count). The fourth-order valence-electron chi connectivity index (χ4n) is 4.60. The Balaban J connectivity index is 1.29. The number of allylic oxidation sites excluding steroid dienone is 1. The molecule has 0 radical (unpaired) electrons. The summed E-state index contributed by atoms with van der Waals surface area (Å²) in [7, 11) is 0. The van der Waals surface area contributed by atoms with Crippen molar-refractivity contribution in [1.82, 2.24) is 14.8 Å². The number of nitrogens with zero attached hydrogens (tertiary/aromatic N) is 5. The lowest BCUT2D eigenvalue weighted by molar-refractivity contribution is 0.238. The number of rotatable bonds is 7. The molecular weight excluding hydrogens is 382 g/mol. The van der Waals surface area contributed by atoms with E-state index >= 15 is 0 Å². The van der Waals surface area contributed by atoms with Crippen LogP contribution in [0.4, 0.5) is 5.69 Å². The Morgan fingerprint density at radius 2 is 1.77 bits per heavy atom. The Kier molecular flexibility index (Phi) is 6.69. The molecule has 31 heavy (non-hydrogen) atoms. The Hall–Kier alpha value is -2.69. The van der Waals surface area contributed by atoms with Crippen molar-refractivity contribution in [1.29, 1.82) is 0 Å². The summed E-state index contributed by atoms with van der Waals surface area (Å²) in [5.41, 5.74) is 4.15. The van der Waals surface area contributed by atoms with Crippen molar-refractivity contribution < 1.29 is 0 Å². The molecule has 2 aliphatic heterocycles. The van der Waals surface area contributed by atoms with Crippen LogP contribution in [-0.2, 0) is 6.42 Å². The van der Waals surface area contributed by atoms with Gasteiger partial charge in [-0.1, -0.05) is 51.1 Å². The first kappa shape index (κ1) is 21.5. The number of piperazine rings is 1. The summed E-state index contributed by atoms with van der Waals surface area (Å²) >= 11 is 0. The third-order valence-corrected chi connectivity index (χ3v) is 6.77. The summed E-state index contributed by atoms with van der Waals surface area (Å²) in [5, 5.41) is 6.61. The Bertz CT molecular complexity index is 845. The van der Waals surface area contributed by atoms with Crippen LogP contribution in [-0.4, -0.2) is 59.4 Å². The summed E-state index contributed by atoms with van der Waals surface area (Å²) in [6.45, 7) is 15.2. The van der Waals surface area contributed by atoms with E-state index in [1.807, 2.05) is 11.3 Å². The molecule has 0 amide bonds. The van der Waals surface area contributed by atoms with Gasteiger partial charge in [-0.05, 0) is 50.0 Å². The Labute approximate surface area is 188 Å². The van der Waals surface area contributed by atoms with Gasteiger partial charge in [0.2, 0.25) is 0 Å². The van der Waals surface area contributed by atoms with E-state index in [0.29, 0.717) is 12.1 Å². The van der Waals surface area contributed by atoms with E-state index in [1.165, 1.54) is 29.8 Å². The van der Waals surface area contributed by atoms with Crippen molar-refractivity contribution in [3.05, 3.63) is 66.2 Å². The summed E-state index contributed by atoms with van der Waals surface area (Å²) < 4.78 is 0. The lowest BCUT2D eigenvalue weighted by Gasteiger charge is -2.39. The molecule has 2 unspecified atom stereocenters. The molecule has 1 aromatic carbocycles. The molecule has 166 valence electrons. The molecular formula is C26H37N5. The van der Waals surface area contributed by atoms with Gasteiger partial charge in [-0.2, -0.15) is 5.10 Å². The zero-order valence-electron chi connectivity index (χ0n) is 19.4. The van der Waals surface area contributed by atoms with Gasteiger partial charge in [0, 0.05) is 37.6 Å². The average molecular weight is 420 g/mol. The molecule has 1 fully saturated rings. The monoisotopic (exact) mass is 419 g/mol. The van der Waals surface area contributed by atoms with Gasteiger partial charge in [0.1, 0.15) is 12.2 Å². The van der Waals surface area contributed by atoms with Crippen molar-refractivity contribution in [3.8, 4) is 0 Å². The summed E-state index contributed by atoms with van der Waals surface area (Å²) in [4.78, 5) is 7.24. The van der Waals surface area contributed by atoms with Crippen molar-refractivity contribution in [2.45, 2.75) is 58.5 Å². The highest BCUT2D eigenvalue weighted by atomic mass is 15.6. The van der Waals surface area contributed by atoms with Crippen LogP contribution in [0.25, 0.3) is 0 Å². The second-order valence-electron chi connectivity index (χ2n) is 8.84. The van der Waals surface area contributed by atoms with Crippen LogP contribution in [0.15, 0.2) is 65.7 Å². The van der Waals surface area contributed by atoms with E-state index in [9.17, 15) is 0 Å². The largest absolute Gasteiger partial charge is 0.368 e. The van der Waals surface area contributed by atoms with E-state index in [2.05, 4.69) is 89.6 Å². The Morgan fingerprint density at radius 3 is 2.39 bits per heavy atom. The van der Waals surface area contributed by atoms with Crippen LogP contribution in [0, 0.1) is 0 Å². The number of hydrogen-bond donors (Lipinski definition) is 0. The minimum Gasteiger partial charge on any atom is -0.368 e. The number of anilines is 1. The first-order valence-corrected chi connectivity index (χ1v) is 11.9. The number of benzene rings is 1. The van der Waals surface area contributed by atoms with Crippen molar-refractivity contribution >= 4 is 12.0 Å². The smallest absolute Gasteiger partial charge is 0.124 e. The number of hydrazone groups is 1. The van der Waals surface area contributed by atoms with Crippen LogP contribution in [0.3, 0.4) is 0 Å². The molecule has 2 atom stereocenters. The van der Waals surface area contributed by atoms with Gasteiger partial charge in [-0.15, -0.1) is 0 Å². The molecule has 1 aliphatic carbocycles. The molecule has 5 heteroatoms. The van der Waals surface area contributed by atoms with Crippen LogP contribution in [0.2, 0.25) is 0 Å². The predicted molar refractivity (Wildman–Crippen MR) is 131 cm³/mol. The van der Waals surface area contributed by atoms with Crippen LogP contribution >= 0.6 is 0 Å². The molecule has 0 N–H and O–H groups in total. The molecule has 0 aromatic heterocycles. The van der Waals surface area contributed by atoms with Gasteiger partial charge < -0.3 is 14.7 Å². The van der Waals surface area contributed by atoms with E-state index in [-0.39, 0.29) is 0 Å². The quantitative estimate of drug-likeness (QED) is 0.634. The number of aryl methyl sites for hydroxylation is 1. The summed E-state index contributed by atoms with van der Waals surface area (Å²) in [5.74, 6) is 0.986. The minimum atomic E-state index is 0.303. The fraction of sp³-hybridized carbons (Fsp3) is 0.500. The van der Waals surface area contributed by atoms with Gasteiger partial charge in [0.15, 0.2) is 0 Å². The van der Waals surface area contributed by atoms with Crippen molar-refractivity contribution in [3.63, 3.8) is 0 Å². The lowest BCUT2D eigenvalue weighted by atomic mass is 10.0. The second-order valence-corrected chi connectivity index (χ2v) is 8.84. The SMILES string of the molecule is C=C1N(C2C=CC(N3CCN(c4ccc(CCC)cc4)CC3)=CC2)C=NN1C(C)CC. The van der Waals surface area contributed by atoms with E-state index in [4.69, 9.17) is 0 Å². The van der Waals surface area contributed by atoms with Crippen LogP contribution in [0.5, 0.6) is 0 Å². The zero-order chi connectivity index (χ0) is 21.8. The zero-order valence-corrected chi connectivity index (χ0v) is 19.4. The third kappa shape index (κ3) is 4.65. The standard InChI is InChI=1S/C26H37N5/c1-5-7-23-8-10-24(11-9-23)28-16-18-29(19-17-28)25-12-14-26(15-13-25)30-20-27-31(22(30)4)21(3)6-2/h8-14,20-21,26H,4-7,15-19H2,1-3H3. The van der Waals surface area contributed by atoms with Crippen LogP contribution in [0.1, 0.15) is 45.6 Å². The highest BCUT2D eigenvalue weighted by Gasteiger charge is 2.28.